The molecule has 4 nitrogen and oxygen atoms in total. The summed E-state index contributed by atoms with van der Waals surface area (Å²) in [6, 6.07) is -0.343. The summed E-state index contributed by atoms with van der Waals surface area (Å²) in [5, 5.41) is 2.88. The lowest BCUT2D eigenvalue weighted by atomic mass is 9.85. The van der Waals surface area contributed by atoms with Crippen LogP contribution in [0.4, 0.5) is 0 Å². The Morgan fingerprint density at radius 3 is 2.37 bits per heavy atom. The molecule has 2 rings (SSSR count). The zero-order chi connectivity index (χ0) is 14.3. The number of rotatable bonds is 3. The van der Waals surface area contributed by atoms with E-state index in [0.29, 0.717) is 6.42 Å². The molecule has 0 bridgehead atoms. The molecule has 0 aromatic heterocycles. The van der Waals surface area contributed by atoms with Crippen molar-refractivity contribution in [3.63, 3.8) is 0 Å². The third-order valence-corrected chi connectivity index (χ3v) is 5.05. The highest BCUT2D eigenvalue weighted by Gasteiger charge is 2.47. The second kappa shape index (κ2) is 4.80. The first kappa shape index (κ1) is 14.4. The van der Waals surface area contributed by atoms with Crippen LogP contribution in [0.1, 0.15) is 59.8 Å². The summed E-state index contributed by atoms with van der Waals surface area (Å²) in [6.45, 7) is 8.58. The Kier molecular flexibility index (Phi) is 3.63. The van der Waals surface area contributed by atoms with Crippen molar-refractivity contribution in [1.82, 2.24) is 10.2 Å². The van der Waals surface area contributed by atoms with E-state index in [4.69, 9.17) is 0 Å². The van der Waals surface area contributed by atoms with Gasteiger partial charge in [-0.3, -0.25) is 9.59 Å². The number of hydrogen-bond acceptors (Lipinski definition) is 2. The third-order valence-electron chi connectivity index (χ3n) is 5.05. The van der Waals surface area contributed by atoms with Gasteiger partial charge in [0, 0.05) is 6.54 Å². The van der Waals surface area contributed by atoms with Gasteiger partial charge in [-0.15, -0.1) is 0 Å². The molecule has 0 radical (unpaired) electrons. The minimum absolute atomic E-state index is 0.0226. The highest BCUT2D eigenvalue weighted by molar-refractivity contribution is 5.99. The maximum absolute atomic E-state index is 12.7. The lowest BCUT2D eigenvalue weighted by molar-refractivity contribution is -0.155. The molecule has 2 atom stereocenters. The van der Waals surface area contributed by atoms with Crippen LogP contribution in [-0.2, 0) is 9.59 Å². The fourth-order valence-electron chi connectivity index (χ4n) is 3.31. The number of piperazine rings is 1. The van der Waals surface area contributed by atoms with Gasteiger partial charge in [0.25, 0.3) is 0 Å². The number of hydrogen-bond donors (Lipinski definition) is 1. The molecule has 1 N–H and O–H groups in total. The zero-order valence-corrected chi connectivity index (χ0v) is 12.6. The van der Waals surface area contributed by atoms with Crippen molar-refractivity contribution >= 4 is 11.8 Å². The van der Waals surface area contributed by atoms with Gasteiger partial charge in [0.2, 0.25) is 11.8 Å². The van der Waals surface area contributed by atoms with Gasteiger partial charge in [0.05, 0.1) is 0 Å². The molecule has 2 aliphatic rings. The molecule has 108 valence electrons. The molecule has 2 fully saturated rings. The van der Waals surface area contributed by atoms with Crippen LogP contribution >= 0.6 is 0 Å². The standard InChI is InChI=1S/C15H26N2O2/c1-5-15(4)13(19)17(11(2)12(18)16-15)10-14(3)8-6-7-9-14/h11H,5-10H2,1-4H3,(H,16,18). The molecule has 2 unspecified atom stereocenters. The van der Waals surface area contributed by atoms with Crippen molar-refractivity contribution in [2.45, 2.75) is 71.4 Å². The van der Waals surface area contributed by atoms with Gasteiger partial charge in [-0.05, 0) is 38.5 Å². The third kappa shape index (κ3) is 2.49. The topological polar surface area (TPSA) is 49.4 Å². The molecule has 4 heteroatoms. The molecule has 1 heterocycles. The largest absolute Gasteiger partial charge is 0.340 e. The van der Waals surface area contributed by atoms with Gasteiger partial charge in [-0.1, -0.05) is 26.7 Å². The molecule has 0 aromatic carbocycles. The lowest BCUT2D eigenvalue weighted by Crippen LogP contribution is -2.69. The van der Waals surface area contributed by atoms with Crippen LogP contribution in [0.2, 0.25) is 0 Å². The van der Waals surface area contributed by atoms with Crippen molar-refractivity contribution in [2.75, 3.05) is 6.54 Å². The molecule has 0 spiro atoms. The van der Waals surface area contributed by atoms with Crippen molar-refractivity contribution in [2.24, 2.45) is 5.41 Å². The smallest absolute Gasteiger partial charge is 0.248 e. The predicted molar refractivity (Wildman–Crippen MR) is 74.6 cm³/mol. The fourth-order valence-corrected chi connectivity index (χ4v) is 3.31. The summed E-state index contributed by atoms with van der Waals surface area (Å²) in [7, 11) is 0. The second-order valence-electron chi connectivity index (χ2n) is 6.80. The highest BCUT2D eigenvalue weighted by Crippen LogP contribution is 2.39. The van der Waals surface area contributed by atoms with Crippen molar-refractivity contribution < 1.29 is 9.59 Å². The van der Waals surface area contributed by atoms with Crippen LogP contribution in [-0.4, -0.2) is 34.8 Å². The quantitative estimate of drug-likeness (QED) is 0.850. The number of amides is 2. The van der Waals surface area contributed by atoms with Gasteiger partial charge >= 0.3 is 0 Å². The minimum atomic E-state index is -0.724. The van der Waals surface area contributed by atoms with E-state index in [9.17, 15) is 9.59 Å². The van der Waals surface area contributed by atoms with E-state index >= 15 is 0 Å². The summed E-state index contributed by atoms with van der Waals surface area (Å²) >= 11 is 0. The summed E-state index contributed by atoms with van der Waals surface area (Å²) in [4.78, 5) is 26.6. The maximum atomic E-state index is 12.7. The van der Waals surface area contributed by atoms with Crippen LogP contribution in [0.3, 0.4) is 0 Å². The number of nitrogens with zero attached hydrogens (tertiary/aromatic N) is 1. The van der Waals surface area contributed by atoms with E-state index in [2.05, 4.69) is 12.2 Å². The second-order valence-corrected chi connectivity index (χ2v) is 6.80. The molecule has 1 aliphatic carbocycles. The van der Waals surface area contributed by atoms with E-state index < -0.39 is 5.54 Å². The van der Waals surface area contributed by atoms with Gasteiger partial charge in [-0.2, -0.15) is 0 Å². The Hall–Kier alpha value is -1.06. The summed E-state index contributed by atoms with van der Waals surface area (Å²) < 4.78 is 0. The van der Waals surface area contributed by atoms with Crippen molar-refractivity contribution in [3.8, 4) is 0 Å². The molecule has 1 aliphatic heterocycles. The minimum Gasteiger partial charge on any atom is -0.340 e. The number of carbonyl (C=O) groups excluding carboxylic acids is 2. The predicted octanol–water partition coefficient (Wildman–Crippen LogP) is 2.08. The number of carbonyl (C=O) groups is 2. The van der Waals surface area contributed by atoms with E-state index in [1.54, 1.807) is 0 Å². The fraction of sp³-hybridized carbons (Fsp3) is 0.867. The number of nitrogens with one attached hydrogen (secondary N) is 1. The van der Waals surface area contributed by atoms with Crippen molar-refractivity contribution in [1.29, 1.82) is 0 Å². The monoisotopic (exact) mass is 266 g/mol. The Labute approximate surface area is 115 Å². The maximum Gasteiger partial charge on any atom is 0.248 e. The Balaban J connectivity index is 2.20. The van der Waals surface area contributed by atoms with Crippen LogP contribution in [0, 0.1) is 5.41 Å². The van der Waals surface area contributed by atoms with E-state index in [1.807, 2.05) is 25.7 Å². The normalized spacial score (nSPS) is 34.5. The van der Waals surface area contributed by atoms with E-state index in [0.717, 1.165) is 19.4 Å². The van der Waals surface area contributed by atoms with Gasteiger partial charge in [0.1, 0.15) is 11.6 Å². The summed E-state index contributed by atoms with van der Waals surface area (Å²) in [5.74, 6) is 0.0563. The van der Waals surface area contributed by atoms with Gasteiger partial charge < -0.3 is 10.2 Å². The van der Waals surface area contributed by atoms with Crippen LogP contribution in [0.15, 0.2) is 0 Å². The molecule has 1 saturated carbocycles. The summed E-state index contributed by atoms with van der Waals surface area (Å²) in [5.41, 5.74) is -0.533. The van der Waals surface area contributed by atoms with E-state index in [-0.39, 0.29) is 23.3 Å². The van der Waals surface area contributed by atoms with Crippen molar-refractivity contribution in [3.05, 3.63) is 0 Å². The molecule has 19 heavy (non-hydrogen) atoms. The lowest BCUT2D eigenvalue weighted by Gasteiger charge is -2.45. The van der Waals surface area contributed by atoms with Crippen LogP contribution in [0.25, 0.3) is 0 Å². The summed E-state index contributed by atoms with van der Waals surface area (Å²) in [6.07, 6.45) is 5.44. The zero-order valence-electron chi connectivity index (χ0n) is 12.6. The molecule has 0 aromatic rings. The SMILES string of the molecule is CCC1(C)NC(=O)C(C)N(CC2(C)CCCC2)C1=O. The Morgan fingerprint density at radius 2 is 1.84 bits per heavy atom. The Bertz CT molecular complexity index is 388. The average molecular weight is 266 g/mol. The molecule has 1 saturated heterocycles. The molecular weight excluding hydrogens is 240 g/mol. The highest BCUT2D eigenvalue weighted by atomic mass is 16.2. The van der Waals surface area contributed by atoms with Gasteiger partial charge in [-0.25, -0.2) is 0 Å². The molecule has 2 amide bonds. The first-order valence-electron chi connectivity index (χ1n) is 7.44. The first-order chi connectivity index (χ1) is 8.81. The average Bonchev–Trinajstić information content (AvgIpc) is 2.79. The first-order valence-corrected chi connectivity index (χ1v) is 7.44. The van der Waals surface area contributed by atoms with Crippen LogP contribution in [0.5, 0.6) is 0 Å². The van der Waals surface area contributed by atoms with E-state index in [1.165, 1.54) is 12.8 Å². The van der Waals surface area contributed by atoms with Gasteiger partial charge in [0.15, 0.2) is 0 Å². The molecular formula is C15H26N2O2. The van der Waals surface area contributed by atoms with Crippen LogP contribution < -0.4 is 5.32 Å². The Morgan fingerprint density at radius 1 is 1.26 bits per heavy atom.